The highest BCUT2D eigenvalue weighted by Gasteiger charge is 2.33. The fourth-order valence-electron chi connectivity index (χ4n) is 3.30. The molecule has 0 radical (unpaired) electrons. The van der Waals surface area contributed by atoms with Crippen LogP contribution in [0.3, 0.4) is 0 Å². The highest BCUT2D eigenvalue weighted by molar-refractivity contribution is 5.98. The fourth-order valence-corrected chi connectivity index (χ4v) is 3.30. The zero-order valence-corrected chi connectivity index (χ0v) is 13.9. The zero-order valence-electron chi connectivity index (χ0n) is 13.9. The van der Waals surface area contributed by atoms with Crippen molar-refractivity contribution in [3.63, 3.8) is 0 Å². The van der Waals surface area contributed by atoms with Crippen LogP contribution in [0.1, 0.15) is 23.3 Å². The summed E-state index contributed by atoms with van der Waals surface area (Å²) in [6.07, 6.45) is 2.68. The van der Waals surface area contributed by atoms with E-state index in [2.05, 4.69) is 15.2 Å². The van der Waals surface area contributed by atoms with Crippen LogP contribution in [0.4, 0.5) is 0 Å². The molecule has 6 nitrogen and oxygen atoms in total. The maximum absolute atomic E-state index is 12.4. The summed E-state index contributed by atoms with van der Waals surface area (Å²) in [5.74, 6) is 0.682. The number of hydrogen-bond donors (Lipinski definition) is 2. The Morgan fingerprint density at radius 2 is 2.29 bits per heavy atom. The van der Waals surface area contributed by atoms with Gasteiger partial charge in [0.2, 0.25) is 0 Å². The minimum atomic E-state index is -0.0997. The predicted octanol–water partition coefficient (Wildman–Crippen LogP) is 1.77. The van der Waals surface area contributed by atoms with Crippen LogP contribution in [0.15, 0.2) is 24.3 Å². The number of nitrogens with zero attached hydrogens (tertiary/aromatic N) is 1. The molecule has 2 fully saturated rings. The molecule has 1 aromatic heterocycles. The predicted molar refractivity (Wildman–Crippen MR) is 91.5 cm³/mol. The highest BCUT2D eigenvalue weighted by atomic mass is 16.5. The Bertz CT molecular complexity index is 738. The van der Waals surface area contributed by atoms with Gasteiger partial charge in [-0.2, -0.15) is 0 Å². The van der Waals surface area contributed by atoms with E-state index < -0.39 is 0 Å². The molecule has 4 rings (SSSR count). The molecule has 6 heteroatoms. The number of H-pyrrole nitrogens is 1. The normalized spacial score (nSPS) is 21.8. The number of hydrogen-bond acceptors (Lipinski definition) is 4. The quantitative estimate of drug-likeness (QED) is 0.877. The van der Waals surface area contributed by atoms with Crippen molar-refractivity contribution in [1.82, 2.24) is 15.2 Å². The highest BCUT2D eigenvalue weighted by Crippen LogP contribution is 2.28. The maximum Gasteiger partial charge on any atom is 0.267 e. The standard InChI is InChI=1S/C18H23N3O3/c1-23-14-4-5-16-12(8-14)9-17(20-16)18(22)19-10-15-11-21(6-7-24-15)13-2-3-13/h4-5,8-9,13,15,20H,2-3,6-7,10-11H2,1H3,(H,19,22). The molecule has 128 valence electrons. The number of methoxy groups -OCH3 is 1. The lowest BCUT2D eigenvalue weighted by atomic mass is 10.2. The second kappa shape index (κ2) is 6.45. The third kappa shape index (κ3) is 3.25. The first kappa shape index (κ1) is 15.5. The monoisotopic (exact) mass is 329 g/mol. The number of carbonyl (C=O) groups is 1. The molecular formula is C18H23N3O3. The molecule has 2 aliphatic rings. The van der Waals surface area contributed by atoms with Crippen LogP contribution in [0.5, 0.6) is 5.75 Å². The summed E-state index contributed by atoms with van der Waals surface area (Å²) in [5.41, 5.74) is 1.49. The van der Waals surface area contributed by atoms with E-state index in [0.717, 1.165) is 42.4 Å². The van der Waals surface area contributed by atoms with Crippen LogP contribution in [0, 0.1) is 0 Å². The number of rotatable bonds is 5. The van der Waals surface area contributed by atoms with Crippen molar-refractivity contribution in [1.29, 1.82) is 0 Å². The third-order valence-corrected chi connectivity index (χ3v) is 4.80. The van der Waals surface area contributed by atoms with Crippen LogP contribution in [0.2, 0.25) is 0 Å². The van der Waals surface area contributed by atoms with Crippen molar-refractivity contribution < 1.29 is 14.3 Å². The van der Waals surface area contributed by atoms with Crippen molar-refractivity contribution in [2.45, 2.75) is 25.0 Å². The van der Waals surface area contributed by atoms with Gasteiger partial charge in [0.1, 0.15) is 11.4 Å². The summed E-state index contributed by atoms with van der Waals surface area (Å²) in [6.45, 7) is 3.22. The summed E-state index contributed by atoms with van der Waals surface area (Å²) >= 11 is 0. The number of amides is 1. The van der Waals surface area contributed by atoms with E-state index in [1.54, 1.807) is 7.11 Å². The summed E-state index contributed by atoms with van der Waals surface area (Å²) < 4.78 is 11.0. The largest absolute Gasteiger partial charge is 0.497 e. The van der Waals surface area contributed by atoms with E-state index in [4.69, 9.17) is 9.47 Å². The molecule has 2 N–H and O–H groups in total. The van der Waals surface area contributed by atoms with E-state index in [9.17, 15) is 4.79 Å². The van der Waals surface area contributed by atoms with Gasteiger partial charge in [-0.15, -0.1) is 0 Å². The number of ether oxygens (including phenoxy) is 2. The molecule has 1 unspecified atom stereocenters. The molecule has 1 aliphatic carbocycles. The van der Waals surface area contributed by atoms with Crippen LogP contribution in [-0.4, -0.2) is 61.3 Å². The molecule has 0 bridgehead atoms. The van der Waals surface area contributed by atoms with E-state index in [1.807, 2.05) is 24.3 Å². The van der Waals surface area contributed by atoms with Gasteiger partial charge >= 0.3 is 0 Å². The van der Waals surface area contributed by atoms with Gasteiger partial charge in [-0.1, -0.05) is 0 Å². The molecule has 24 heavy (non-hydrogen) atoms. The first-order chi connectivity index (χ1) is 11.7. The van der Waals surface area contributed by atoms with Gasteiger partial charge in [0.15, 0.2) is 0 Å². The first-order valence-corrected chi connectivity index (χ1v) is 8.53. The molecule has 1 saturated heterocycles. The molecule has 1 aromatic carbocycles. The van der Waals surface area contributed by atoms with Gasteiger partial charge < -0.3 is 19.8 Å². The lowest BCUT2D eigenvalue weighted by Gasteiger charge is -2.33. The van der Waals surface area contributed by atoms with Gasteiger partial charge in [-0.3, -0.25) is 9.69 Å². The van der Waals surface area contributed by atoms with E-state index in [-0.39, 0.29) is 12.0 Å². The number of aromatic nitrogens is 1. The van der Waals surface area contributed by atoms with Crippen molar-refractivity contribution in [2.24, 2.45) is 0 Å². The minimum absolute atomic E-state index is 0.0766. The lowest BCUT2D eigenvalue weighted by Crippen LogP contribution is -2.48. The summed E-state index contributed by atoms with van der Waals surface area (Å²) in [7, 11) is 1.64. The Hall–Kier alpha value is -2.05. The SMILES string of the molecule is COc1ccc2[nH]c(C(=O)NCC3CN(C4CC4)CCO3)cc2c1. The first-order valence-electron chi connectivity index (χ1n) is 8.53. The Morgan fingerprint density at radius 3 is 3.08 bits per heavy atom. The van der Waals surface area contributed by atoms with Crippen LogP contribution >= 0.6 is 0 Å². The topological polar surface area (TPSA) is 66.6 Å². The number of fused-ring (bicyclic) bond motifs is 1. The number of aromatic amines is 1. The van der Waals surface area contributed by atoms with E-state index in [0.29, 0.717) is 12.2 Å². The van der Waals surface area contributed by atoms with Crippen molar-refractivity contribution in [3.05, 3.63) is 30.0 Å². The number of benzene rings is 1. The van der Waals surface area contributed by atoms with Crippen molar-refractivity contribution in [3.8, 4) is 5.75 Å². The van der Waals surface area contributed by atoms with Crippen LogP contribution in [-0.2, 0) is 4.74 Å². The smallest absolute Gasteiger partial charge is 0.267 e. The van der Waals surface area contributed by atoms with Gasteiger partial charge in [-0.05, 0) is 37.1 Å². The Balaban J connectivity index is 1.37. The molecule has 2 aromatic rings. The third-order valence-electron chi connectivity index (χ3n) is 4.80. The fraction of sp³-hybridized carbons (Fsp3) is 0.500. The van der Waals surface area contributed by atoms with E-state index in [1.165, 1.54) is 12.8 Å². The van der Waals surface area contributed by atoms with Crippen LogP contribution < -0.4 is 10.1 Å². The molecule has 1 atom stereocenters. The average molecular weight is 329 g/mol. The molecule has 1 amide bonds. The van der Waals surface area contributed by atoms with Gasteiger partial charge in [0, 0.05) is 36.6 Å². The second-order valence-electron chi connectivity index (χ2n) is 6.57. The zero-order chi connectivity index (χ0) is 16.5. The molecule has 0 spiro atoms. The Kier molecular flexibility index (Phi) is 4.16. The van der Waals surface area contributed by atoms with Gasteiger partial charge in [0.05, 0.1) is 19.8 Å². The molecule has 1 saturated carbocycles. The van der Waals surface area contributed by atoms with Crippen molar-refractivity contribution in [2.75, 3.05) is 33.4 Å². The summed E-state index contributed by atoms with van der Waals surface area (Å²) in [5, 5.41) is 3.95. The molecule has 1 aliphatic heterocycles. The number of morpholine rings is 1. The maximum atomic E-state index is 12.4. The minimum Gasteiger partial charge on any atom is -0.497 e. The molecule has 2 heterocycles. The summed E-state index contributed by atoms with van der Waals surface area (Å²) in [6, 6.07) is 8.31. The van der Waals surface area contributed by atoms with Gasteiger partial charge in [-0.25, -0.2) is 0 Å². The van der Waals surface area contributed by atoms with E-state index >= 15 is 0 Å². The number of nitrogens with one attached hydrogen (secondary N) is 2. The average Bonchev–Trinajstić information content (AvgIpc) is 3.38. The summed E-state index contributed by atoms with van der Waals surface area (Å²) in [4.78, 5) is 18.0. The van der Waals surface area contributed by atoms with Crippen LogP contribution in [0.25, 0.3) is 10.9 Å². The number of carbonyl (C=O) groups excluding carboxylic acids is 1. The van der Waals surface area contributed by atoms with Gasteiger partial charge in [0.25, 0.3) is 5.91 Å². The molecular weight excluding hydrogens is 306 g/mol. The second-order valence-corrected chi connectivity index (χ2v) is 6.57. The van der Waals surface area contributed by atoms with Crippen molar-refractivity contribution >= 4 is 16.8 Å². The Morgan fingerprint density at radius 1 is 1.42 bits per heavy atom. The Labute approximate surface area is 141 Å². The lowest BCUT2D eigenvalue weighted by molar-refractivity contribution is -0.0293.